The molecule has 0 saturated heterocycles. The lowest BCUT2D eigenvalue weighted by Crippen LogP contribution is -2.35. The number of rotatable bonds is 8. The molecular weight excluding hydrogens is 444 g/mol. The van der Waals surface area contributed by atoms with Gasteiger partial charge in [0, 0.05) is 23.9 Å². The Morgan fingerprint density at radius 3 is 2.49 bits per heavy atom. The van der Waals surface area contributed by atoms with Crippen LogP contribution in [0.15, 0.2) is 54.7 Å². The van der Waals surface area contributed by atoms with E-state index in [2.05, 4.69) is 4.98 Å². The molecule has 1 unspecified atom stereocenters. The van der Waals surface area contributed by atoms with Gasteiger partial charge in [0.05, 0.1) is 30.4 Å². The van der Waals surface area contributed by atoms with Crippen LogP contribution in [0.4, 0.5) is 0 Å². The number of benzene rings is 2. The summed E-state index contributed by atoms with van der Waals surface area (Å²) in [5, 5.41) is 0. The predicted molar refractivity (Wildman–Crippen MR) is 131 cm³/mol. The normalized spacial score (nSPS) is 16.5. The molecule has 5 rings (SSSR count). The standard InChI is InChI=1S/C28H28N2O5/c1-17(31)15-23(18-12-13-24(34-2)25(16-18)35-19-7-3-4-8-19)30-27(32)21-10-5-9-20(26(21)28(30)33)22-11-6-14-29-22/h5-6,9-14,16,19,23,29H,3-4,7-8,15H2,1-2H3. The summed E-state index contributed by atoms with van der Waals surface area (Å²) in [6.45, 7) is 1.47. The third kappa shape index (κ3) is 4.22. The van der Waals surface area contributed by atoms with E-state index >= 15 is 0 Å². The van der Waals surface area contributed by atoms with Crippen molar-refractivity contribution in [2.75, 3.05) is 7.11 Å². The van der Waals surface area contributed by atoms with Gasteiger partial charge in [-0.1, -0.05) is 18.2 Å². The number of nitrogens with zero attached hydrogens (tertiary/aromatic N) is 1. The van der Waals surface area contributed by atoms with Gasteiger partial charge in [0.2, 0.25) is 0 Å². The number of aromatic nitrogens is 1. The monoisotopic (exact) mass is 472 g/mol. The van der Waals surface area contributed by atoms with Gasteiger partial charge < -0.3 is 14.5 Å². The number of methoxy groups -OCH3 is 1. The highest BCUT2D eigenvalue weighted by atomic mass is 16.5. The Morgan fingerprint density at radius 1 is 1.03 bits per heavy atom. The molecule has 0 bridgehead atoms. The number of hydrogen-bond acceptors (Lipinski definition) is 5. The molecule has 2 aliphatic rings. The first-order chi connectivity index (χ1) is 17.0. The quantitative estimate of drug-likeness (QED) is 0.448. The molecule has 2 heterocycles. The largest absolute Gasteiger partial charge is 0.493 e. The number of imide groups is 1. The van der Waals surface area contributed by atoms with Crippen molar-refractivity contribution in [1.29, 1.82) is 0 Å². The summed E-state index contributed by atoms with van der Waals surface area (Å²) in [6.07, 6.45) is 6.09. The number of carbonyl (C=O) groups is 3. The Bertz CT molecular complexity index is 1270. The highest BCUT2D eigenvalue weighted by Gasteiger charge is 2.42. The second-order valence-electron chi connectivity index (χ2n) is 9.15. The average molecular weight is 473 g/mol. The van der Waals surface area contributed by atoms with Crippen LogP contribution in [0.2, 0.25) is 0 Å². The van der Waals surface area contributed by atoms with E-state index in [0.717, 1.165) is 31.4 Å². The summed E-state index contributed by atoms with van der Waals surface area (Å²) in [7, 11) is 1.58. The smallest absolute Gasteiger partial charge is 0.262 e. The van der Waals surface area contributed by atoms with Crippen LogP contribution in [0.1, 0.15) is 71.3 Å². The van der Waals surface area contributed by atoms with Gasteiger partial charge in [0.1, 0.15) is 5.78 Å². The van der Waals surface area contributed by atoms with Gasteiger partial charge >= 0.3 is 0 Å². The molecule has 0 radical (unpaired) electrons. The van der Waals surface area contributed by atoms with Crippen molar-refractivity contribution in [2.24, 2.45) is 0 Å². The number of hydrogen-bond donors (Lipinski definition) is 1. The molecule has 1 fully saturated rings. The van der Waals surface area contributed by atoms with Gasteiger partial charge in [-0.2, -0.15) is 0 Å². The van der Waals surface area contributed by atoms with E-state index in [4.69, 9.17) is 9.47 Å². The molecule has 1 aliphatic heterocycles. The second kappa shape index (κ2) is 9.41. The molecule has 1 saturated carbocycles. The Kier molecular flexibility index (Phi) is 6.16. The highest BCUT2D eigenvalue weighted by molar-refractivity contribution is 6.24. The molecule has 1 aromatic heterocycles. The van der Waals surface area contributed by atoms with Crippen LogP contribution in [-0.4, -0.2) is 40.7 Å². The molecule has 35 heavy (non-hydrogen) atoms. The number of aromatic amines is 1. The van der Waals surface area contributed by atoms with E-state index in [9.17, 15) is 14.4 Å². The lowest BCUT2D eigenvalue weighted by atomic mass is 9.99. The van der Waals surface area contributed by atoms with Crippen LogP contribution < -0.4 is 9.47 Å². The number of H-pyrrole nitrogens is 1. The Hall–Kier alpha value is -3.87. The third-order valence-corrected chi connectivity index (χ3v) is 6.80. The van der Waals surface area contributed by atoms with Crippen LogP contribution >= 0.6 is 0 Å². The SMILES string of the molecule is COc1ccc(C(CC(C)=O)N2C(=O)c3cccc(-c4ccc[nH]4)c3C2=O)cc1OC1CCCC1. The summed E-state index contributed by atoms with van der Waals surface area (Å²) in [4.78, 5) is 43.9. The van der Waals surface area contributed by atoms with E-state index in [-0.39, 0.29) is 18.3 Å². The molecular formula is C28H28N2O5. The van der Waals surface area contributed by atoms with E-state index in [1.54, 1.807) is 43.6 Å². The number of Topliss-reactive ketones (excluding diaryl/α,β-unsaturated/α-hetero) is 1. The fourth-order valence-electron chi connectivity index (χ4n) is 5.12. The van der Waals surface area contributed by atoms with Crippen LogP contribution in [0.3, 0.4) is 0 Å². The molecule has 1 atom stereocenters. The van der Waals surface area contributed by atoms with E-state index in [1.807, 2.05) is 18.2 Å². The van der Waals surface area contributed by atoms with Crippen LogP contribution in [0.5, 0.6) is 11.5 Å². The minimum atomic E-state index is -0.756. The summed E-state index contributed by atoms with van der Waals surface area (Å²) in [5.74, 6) is 0.215. The van der Waals surface area contributed by atoms with Crippen LogP contribution in [-0.2, 0) is 4.79 Å². The number of amides is 2. The molecule has 2 aromatic carbocycles. The third-order valence-electron chi connectivity index (χ3n) is 6.80. The number of nitrogens with one attached hydrogen (secondary N) is 1. The van der Waals surface area contributed by atoms with E-state index < -0.39 is 17.9 Å². The van der Waals surface area contributed by atoms with Crippen molar-refractivity contribution in [3.63, 3.8) is 0 Å². The van der Waals surface area contributed by atoms with Gasteiger partial charge in [0.15, 0.2) is 11.5 Å². The molecule has 7 nitrogen and oxygen atoms in total. The molecule has 3 aromatic rings. The lowest BCUT2D eigenvalue weighted by Gasteiger charge is -2.27. The molecule has 1 aliphatic carbocycles. The van der Waals surface area contributed by atoms with Gasteiger partial charge in [-0.15, -0.1) is 0 Å². The summed E-state index contributed by atoms with van der Waals surface area (Å²) >= 11 is 0. The average Bonchev–Trinajstić information content (AvgIpc) is 3.61. The van der Waals surface area contributed by atoms with Crippen molar-refractivity contribution >= 4 is 17.6 Å². The molecule has 0 spiro atoms. The maximum atomic E-state index is 13.7. The molecule has 7 heteroatoms. The van der Waals surface area contributed by atoms with Crippen LogP contribution in [0.25, 0.3) is 11.3 Å². The second-order valence-corrected chi connectivity index (χ2v) is 9.15. The first kappa shape index (κ1) is 22.9. The summed E-state index contributed by atoms with van der Waals surface area (Å²) in [5.41, 5.74) is 2.76. The first-order valence-electron chi connectivity index (χ1n) is 12.0. The van der Waals surface area contributed by atoms with Crippen molar-refractivity contribution in [3.8, 4) is 22.8 Å². The van der Waals surface area contributed by atoms with Gasteiger partial charge in [-0.3, -0.25) is 19.3 Å². The zero-order chi connectivity index (χ0) is 24.5. The maximum Gasteiger partial charge on any atom is 0.262 e. The van der Waals surface area contributed by atoms with Gasteiger partial charge in [-0.05, 0) is 68.5 Å². The minimum Gasteiger partial charge on any atom is -0.493 e. The zero-order valence-electron chi connectivity index (χ0n) is 19.9. The topological polar surface area (TPSA) is 88.7 Å². The fourth-order valence-corrected chi connectivity index (χ4v) is 5.12. The number of fused-ring (bicyclic) bond motifs is 1. The zero-order valence-corrected chi connectivity index (χ0v) is 19.9. The summed E-state index contributed by atoms with van der Waals surface area (Å²) in [6, 6.07) is 13.6. The van der Waals surface area contributed by atoms with Crippen LogP contribution in [0, 0.1) is 0 Å². The number of ether oxygens (including phenoxy) is 2. The Balaban J connectivity index is 1.55. The number of ketones is 1. The number of carbonyl (C=O) groups excluding carboxylic acids is 3. The summed E-state index contributed by atoms with van der Waals surface area (Å²) < 4.78 is 11.7. The Morgan fingerprint density at radius 2 is 1.80 bits per heavy atom. The van der Waals surface area contributed by atoms with Crippen molar-refractivity contribution < 1.29 is 23.9 Å². The Labute approximate surface area is 204 Å². The fraction of sp³-hybridized carbons (Fsp3) is 0.321. The molecule has 1 N–H and O–H groups in total. The minimum absolute atomic E-state index is 0.0124. The molecule has 2 amide bonds. The highest BCUT2D eigenvalue weighted by Crippen LogP contribution is 2.40. The van der Waals surface area contributed by atoms with Gasteiger partial charge in [-0.25, -0.2) is 0 Å². The van der Waals surface area contributed by atoms with E-state index in [0.29, 0.717) is 33.8 Å². The first-order valence-corrected chi connectivity index (χ1v) is 12.0. The van der Waals surface area contributed by atoms with Crippen molar-refractivity contribution in [2.45, 2.75) is 51.2 Å². The lowest BCUT2D eigenvalue weighted by molar-refractivity contribution is -0.117. The van der Waals surface area contributed by atoms with Crippen molar-refractivity contribution in [3.05, 3.63) is 71.4 Å². The molecule has 180 valence electrons. The predicted octanol–water partition coefficient (Wildman–Crippen LogP) is 5.33. The van der Waals surface area contributed by atoms with E-state index in [1.165, 1.54) is 11.8 Å². The van der Waals surface area contributed by atoms with Gasteiger partial charge in [0.25, 0.3) is 11.8 Å². The van der Waals surface area contributed by atoms with Crippen molar-refractivity contribution in [1.82, 2.24) is 9.88 Å². The maximum absolute atomic E-state index is 13.7.